The molecule has 0 fully saturated rings. The molecule has 11 heteroatoms. The van der Waals surface area contributed by atoms with E-state index in [1.54, 1.807) is 35.4 Å². The molecule has 0 aliphatic carbocycles. The third-order valence-corrected chi connectivity index (χ3v) is 5.23. The number of nitrogens with two attached hydrogens (primary N) is 1. The minimum Gasteiger partial charge on any atom is -0.491 e. The number of benzene rings is 1. The summed E-state index contributed by atoms with van der Waals surface area (Å²) in [6, 6.07) is 2.97. The van der Waals surface area contributed by atoms with Gasteiger partial charge in [-0.25, -0.2) is 9.50 Å². The van der Waals surface area contributed by atoms with Crippen LogP contribution in [0.3, 0.4) is 0 Å². The Kier molecular flexibility index (Phi) is 5.66. The second-order valence-electron chi connectivity index (χ2n) is 6.91. The van der Waals surface area contributed by atoms with Crippen molar-refractivity contribution in [2.75, 3.05) is 18.9 Å². The van der Waals surface area contributed by atoms with Crippen molar-refractivity contribution in [3.8, 4) is 5.75 Å². The van der Waals surface area contributed by atoms with E-state index in [0.717, 1.165) is 0 Å². The number of aliphatic hydroxyl groups excluding tert-OH is 1. The van der Waals surface area contributed by atoms with Crippen molar-refractivity contribution in [1.29, 1.82) is 0 Å². The molecule has 0 aliphatic rings. The summed E-state index contributed by atoms with van der Waals surface area (Å²) in [6.07, 6.45) is 4.87. The molecule has 1 atom stereocenters. The third-order valence-electron chi connectivity index (χ3n) is 4.92. The highest BCUT2D eigenvalue weighted by Gasteiger charge is 2.25. The number of hydrogen-bond donors (Lipinski definition) is 3. The minimum absolute atomic E-state index is 0.0858. The molecule has 1 unspecified atom stereocenters. The van der Waals surface area contributed by atoms with E-state index in [2.05, 4.69) is 20.5 Å². The predicted octanol–water partition coefficient (Wildman–Crippen LogP) is 2.20. The van der Waals surface area contributed by atoms with Crippen LogP contribution in [0.2, 0.25) is 5.02 Å². The van der Waals surface area contributed by atoms with Gasteiger partial charge in [-0.1, -0.05) is 11.6 Å². The smallest absolute Gasteiger partial charge is 0.259 e. The minimum atomic E-state index is -0.480. The molecule has 4 rings (SSSR count). The summed E-state index contributed by atoms with van der Waals surface area (Å²) in [6.45, 7) is 4.29. The molecule has 0 saturated carbocycles. The van der Waals surface area contributed by atoms with Crippen LogP contribution in [-0.4, -0.2) is 48.6 Å². The lowest BCUT2D eigenvalue weighted by molar-refractivity contribution is 0.0942. The average molecular weight is 444 g/mol. The molecule has 3 heterocycles. The van der Waals surface area contributed by atoms with Crippen LogP contribution < -0.4 is 15.8 Å². The predicted molar refractivity (Wildman–Crippen MR) is 116 cm³/mol. The second kappa shape index (κ2) is 8.40. The van der Waals surface area contributed by atoms with Gasteiger partial charge in [0.25, 0.3) is 5.91 Å². The number of amides is 1. The number of aliphatic hydroxyl groups is 1. The molecule has 0 spiro atoms. The van der Waals surface area contributed by atoms with Crippen molar-refractivity contribution in [3.05, 3.63) is 46.9 Å². The van der Waals surface area contributed by atoms with Gasteiger partial charge in [-0.2, -0.15) is 5.10 Å². The van der Waals surface area contributed by atoms with E-state index in [0.29, 0.717) is 39.5 Å². The maximum atomic E-state index is 13.1. The Bertz CT molecular complexity index is 1270. The number of fused-ring (bicyclic) bond motifs is 2. The number of nitrogens with zero attached hydrogens (tertiary/aromatic N) is 5. The van der Waals surface area contributed by atoms with Gasteiger partial charge in [-0.05, 0) is 26.0 Å². The lowest BCUT2D eigenvalue weighted by atomic mass is 10.0. The zero-order valence-electron chi connectivity index (χ0n) is 17.0. The van der Waals surface area contributed by atoms with Crippen molar-refractivity contribution < 1.29 is 14.6 Å². The van der Waals surface area contributed by atoms with Crippen LogP contribution in [0.15, 0.2) is 30.7 Å². The Hall–Kier alpha value is -3.37. The van der Waals surface area contributed by atoms with E-state index in [1.165, 1.54) is 4.52 Å². The number of halogens is 1. The zero-order valence-corrected chi connectivity index (χ0v) is 17.8. The highest BCUT2D eigenvalue weighted by atomic mass is 35.5. The van der Waals surface area contributed by atoms with Crippen LogP contribution in [0.25, 0.3) is 16.6 Å². The second-order valence-corrected chi connectivity index (χ2v) is 7.31. The van der Waals surface area contributed by atoms with Gasteiger partial charge in [-0.15, -0.1) is 5.10 Å². The number of nitrogens with one attached hydrogen (secondary N) is 1. The molecule has 0 bridgehead atoms. The van der Waals surface area contributed by atoms with Gasteiger partial charge in [0.15, 0.2) is 17.2 Å². The van der Waals surface area contributed by atoms with Crippen molar-refractivity contribution in [3.63, 3.8) is 0 Å². The van der Waals surface area contributed by atoms with Gasteiger partial charge in [0, 0.05) is 23.3 Å². The Labute approximate surface area is 182 Å². The van der Waals surface area contributed by atoms with E-state index in [4.69, 9.17) is 22.1 Å². The van der Waals surface area contributed by atoms with Crippen LogP contribution in [-0.2, 0) is 6.54 Å². The average Bonchev–Trinajstić information content (AvgIpc) is 3.31. The lowest BCUT2D eigenvalue weighted by Gasteiger charge is -2.20. The van der Waals surface area contributed by atoms with Gasteiger partial charge < -0.3 is 20.9 Å². The fourth-order valence-electron chi connectivity index (χ4n) is 3.57. The highest BCUT2D eigenvalue weighted by Crippen LogP contribution is 2.38. The fourth-order valence-corrected chi connectivity index (χ4v) is 3.82. The number of carbonyl (C=O) groups is 1. The molecule has 1 aromatic carbocycles. The quantitative estimate of drug-likeness (QED) is 0.398. The van der Waals surface area contributed by atoms with Gasteiger partial charge in [0.2, 0.25) is 0 Å². The number of nitrogen functional groups attached to an aromatic ring is 1. The molecule has 162 valence electrons. The van der Waals surface area contributed by atoms with Crippen LogP contribution in [0.5, 0.6) is 5.75 Å². The van der Waals surface area contributed by atoms with Crippen LogP contribution in [0.1, 0.15) is 35.8 Å². The highest BCUT2D eigenvalue weighted by molar-refractivity contribution is 6.35. The van der Waals surface area contributed by atoms with Gasteiger partial charge >= 0.3 is 0 Å². The summed E-state index contributed by atoms with van der Waals surface area (Å²) in [5.74, 6) is 0.218. The number of anilines is 1. The van der Waals surface area contributed by atoms with Crippen molar-refractivity contribution in [2.24, 2.45) is 0 Å². The van der Waals surface area contributed by atoms with Gasteiger partial charge in [0.05, 0.1) is 37.0 Å². The summed E-state index contributed by atoms with van der Waals surface area (Å²) in [7, 11) is 0. The molecule has 31 heavy (non-hydrogen) atoms. The van der Waals surface area contributed by atoms with Crippen LogP contribution in [0.4, 0.5) is 5.82 Å². The number of hydrogen-bond acceptors (Lipinski definition) is 7. The Balaban J connectivity index is 1.75. The first-order valence-electron chi connectivity index (χ1n) is 9.77. The van der Waals surface area contributed by atoms with Crippen LogP contribution >= 0.6 is 11.6 Å². The molecule has 4 N–H and O–H groups in total. The summed E-state index contributed by atoms with van der Waals surface area (Å²) in [5, 5.41) is 21.9. The zero-order chi connectivity index (χ0) is 22.1. The van der Waals surface area contributed by atoms with Gasteiger partial charge in [-0.3, -0.25) is 9.48 Å². The Morgan fingerprint density at radius 1 is 1.45 bits per heavy atom. The van der Waals surface area contributed by atoms with Crippen molar-refractivity contribution in [1.82, 2.24) is 29.7 Å². The lowest BCUT2D eigenvalue weighted by Crippen LogP contribution is -2.28. The molecule has 0 aliphatic heterocycles. The SMILES string of the molecule is CCOc1c(C(C)NC(=O)c2c(N)nn3cccnc23)cc(Cl)c2cnn(CCO)c12. The Morgan fingerprint density at radius 3 is 3.00 bits per heavy atom. The summed E-state index contributed by atoms with van der Waals surface area (Å²) >= 11 is 6.50. The first-order valence-corrected chi connectivity index (χ1v) is 10.1. The van der Waals surface area contributed by atoms with E-state index < -0.39 is 11.9 Å². The van der Waals surface area contributed by atoms with E-state index >= 15 is 0 Å². The fraction of sp³-hybridized carbons (Fsp3) is 0.300. The topological polar surface area (TPSA) is 133 Å². The number of carbonyl (C=O) groups excluding carboxylic acids is 1. The molecule has 1 amide bonds. The number of rotatable bonds is 7. The standard InChI is InChI=1S/C20H22ClN7O3/c1-3-31-17-12(9-14(21)13-10-24-27(7-8-29)16(13)17)11(2)25-20(30)15-18(22)26-28-6-4-5-23-19(15)28/h4-6,9-11,29H,3,7-8H2,1-2H3,(H2,22,26)(H,25,30). The molecule has 10 nitrogen and oxygen atoms in total. The first kappa shape index (κ1) is 20.9. The summed E-state index contributed by atoms with van der Waals surface area (Å²) < 4.78 is 9.02. The van der Waals surface area contributed by atoms with E-state index in [1.807, 2.05) is 13.8 Å². The number of aromatic nitrogens is 5. The number of ether oxygens (including phenoxy) is 1. The first-order chi connectivity index (χ1) is 15.0. The van der Waals surface area contributed by atoms with Crippen molar-refractivity contribution >= 4 is 39.9 Å². The normalized spacial score (nSPS) is 12.4. The van der Waals surface area contributed by atoms with E-state index in [9.17, 15) is 9.90 Å². The maximum absolute atomic E-state index is 13.1. The molecule has 0 radical (unpaired) electrons. The summed E-state index contributed by atoms with van der Waals surface area (Å²) in [5.41, 5.74) is 7.87. The molecule has 4 aromatic rings. The summed E-state index contributed by atoms with van der Waals surface area (Å²) in [4.78, 5) is 17.3. The molecular weight excluding hydrogens is 422 g/mol. The molecular formula is C20H22ClN7O3. The largest absolute Gasteiger partial charge is 0.491 e. The molecule has 0 saturated heterocycles. The molecule has 3 aromatic heterocycles. The Morgan fingerprint density at radius 2 is 2.26 bits per heavy atom. The van der Waals surface area contributed by atoms with Crippen molar-refractivity contribution in [2.45, 2.75) is 26.4 Å². The third kappa shape index (κ3) is 3.64. The van der Waals surface area contributed by atoms with Gasteiger partial charge in [0.1, 0.15) is 11.1 Å². The monoisotopic (exact) mass is 443 g/mol. The van der Waals surface area contributed by atoms with E-state index in [-0.39, 0.29) is 24.5 Å². The maximum Gasteiger partial charge on any atom is 0.259 e. The van der Waals surface area contributed by atoms with Crippen LogP contribution in [0, 0.1) is 0 Å².